The summed E-state index contributed by atoms with van der Waals surface area (Å²) >= 11 is 0. The van der Waals surface area contributed by atoms with E-state index in [0.29, 0.717) is 24.4 Å². The van der Waals surface area contributed by atoms with Gasteiger partial charge in [-0.2, -0.15) is 0 Å². The van der Waals surface area contributed by atoms with Gasteiger partial charge in [0.05, 0.1) is 24.9 Å². The van der Waals surface area contributed by atoms with E-state index in [2.05, 4.69) is 5.32 Å². The Morgan fingerprint density at radius 2 is 1.70 bits per heavy atom. The third-order valence-corrected chi connectivity index (χ3v) is 4.93. The first-order valence-corrected chi connectivity index (χ1v) is 10.2. The second kappa shape index (κ2) is 10.4. The molecule has 1 fully saturated rings. The molecule has 1 aromatic carbocycles. The highest BCUT2D eigenvalue weighted by Crippen LogP contribution is 2.18. The van der Waals surface area contributed by atoms with E-state index in [1.54, 1.807) is 49.9 Å². The van der Waals surface area contributed by atoms with Gasteiger partial charge in [0.15, 0.2) is 6.10 Å². The molecule has 0 aliphatic carbocycles. The van der Waals surface area contributed by atoms with Gasteiger partial charge in [0, 0.05) is 13.1 Å². The van der Waals surface area contributed by atoms with Crippen LogP contribution in [0.1, 0.15) is 45.0 Å². The minimum atomic E-state index is -0.959. The summed E-state index contributed by atoms with van der Waals surface area (Å²) in [6.07, 6.45) is -1.12. The monoisotopic (exact) mass is 420 g/mol. The summed E-state index contributed by atoms with van der Waals surface area (Å²) in [6.45, 7) is 9.83. The molecule has 1 aromatic rings. The number of hydrogen-bond acceptors (Lipinski definition) is 6. The van der Waals surface area contributed by atoms with Crippen molar-refractivity contribution in [2.75, 3.05) is 20.2 Å². The minimum absolute atomic E-state index is 0.0795. The summed E-state index contributed by atoms with van der Waals surface area (Å²) in [7, 11) is 1.47. The lowest BCUT2D eigenvalue weighted by Gasteiger charge is -2.36. The van der Waals surface area contributed by atoms with Crippen molar-refractivity contribution < 1.29 is 28.6 Å². The van der Waals surface area contributed by atoms with Crippen LogP contribution in [0, 0.1) is 5.92 Å². The van der Waals surface area contributed by atoms with E-state index in [1.807, 2.05) is 13.8 Å². The molecule has 8 nitrogen and oxygen atoms in total. The van der Waals surface area contributed by atoms with Crippen LogP contribution in [-0.2, 0) is 19.1 Å². The molecular formula is C22H32N2O6. The van der Waals surface area contributed by atoms with E-state index >= 15 is 0 Å². The van der Waals surface area contributed by atoms with Crippen LogP contribution >= 0.6 is 0 Å². The maximum Gasteiger partial charge on any atom is 0.329 e. The van der Waals surface area contributed by atoms with Gasteiger partial charge in [0.1, 0.15) is 11.8 Å². The van der Waals surface area contributed by atoms with E-state index in [0.717, 1.165) is 0 Å². The van der Waals surface area contributed by atoms with Crippen molar-refractivity contribution in [3.8, 4) is 5.75 Å². The number of morpholine rings is 1. The largest absolute Gasteiger partial charge is 0.496 e. The third-order valence-electron chi connectivity index (χ3n) is 4.93. The summed E-state index contributed by atoms with van der Waals surface area (Å²) in [5, 5.41) is 2.71. The zero-order valence-electron chi connectivity index (χ0n) is 18.5. The average Bonchev–Trinajstić information content (AvgIpc) is 2.69. The van der Waals surface area contributed by atoms with E-state index in [1.165, 1.54) is 7.11 Å². The zero-order valence-corrected chi connectivity index (χ0v) is 18.5. The minimum Gasteiger partial charge on any atom is -0.496 e. The van der Waals surface area contributed by atoms with Crippen molar-refractivity contribution in [1.29, 1.82) is 0 Å². The normalized spacial score (nSPS) is 21.0. The van der Waals surface area contributed by atoms with Crippen LogP contribution in [0.15, 0.2) is 24.3 Å². The molecule has 0 radical (unpaired) electrons. The Morgan fingerprint density at radius 3 is 2.27 bits per heavy atom. The van der Waals surface area contributed by atoms with Gasteiger partial charge in [0.25, 0.3) is 11.8 Å². The fourth-order valence-electron chi connectivity index (χ4n) is 3.46. The van der Waals surface area contributed by atoms with Crippen LogP contribution in [-0.4, -0.2) is 67.2 Å². The number of benzene rings is 1. The molecule has 8 heteroatoms. The predicted molar refractivity (Wildman–Crippen MR) is 111 cm³/mol. The summed E-state index contributed by atoms with van der Waals surface area (Å²) < 4.78 is 16.3. The lowest BCUT2D eigenvalue weighted by Crippen LogP contribution is -2.52. The number of nitrogens with one attached hydrogen (secondary N) is 1. The van der Waals surface area contributed by atoms with Gasteiger partial charge < -0.3 is 24.4 Å². The van der Waals surface area contributed by atoms with Crippen molar-refractivity contribution in [3.63, 3.8) is 0 Å². The number of rotatable bonds is 7. The van der Waals surface area contributed by atoms with Crippen LogP contribution in [0.3, 0.4) is 0 Å². The van der Waals surface area contributed by atoms with E-state index in [9.17, 15) is 14.4 Å². The van der Waals surface area contributed by atoms with Crippen LogP contribution in [0.25, 0.3) is 0 Å². The third kappa shape index (κ3) is 5.95. The molecule has 1 saturated heterocycles. The molecule has 0 spiro atoms. The first kappa shape index (κ1) is 23.7. The molecule has 30 heavy (non-hydrogen) atoms. The fourth-order valence-corrected chi connectivity index (χ4v) is 3.46. The molecule has 1 N–H and O–H groups in total. The number of carbonyl (C=O) groups is 3. The number of para-hydroxylation sites is 1. The number of ether oxygens (including phenoxy) is 3. The quantitative estimate of drug-likeness (QED) is 0.679. The van der Waals surface area contributed by atoms with Gasteiger partial charge in [-0.15, -0.1) is 0 Å². The SMILES string of the molecule is COc1ccccc1C(=O)NC(C(=O)OC(C)C(=O)N1CC(C)OC(C)C1)C(C)C. The first-order chi connectivity index (χ1) is 14.1. The zero-order chi connectivity index (χ0) is 22.4. The standard InChI is InChI=1S/C22H32N2O6/c1-13(2)19(23-20(25)17-9-7-8-10-18(17)28-6)22(27)30-16(5)21(26)24-11-14(3)29-15(4)12-24/h7-10,13-16,19H,11-12H2,1-6H3,(H,23,25). The topological polar surface area (TPSA) is 94.2 Å². The van der Waals surface area contributed by atoms with E-state index in [4.69, 9.17) is 14.2 Å². The Morgan fingerprint density at radius 1 is 1.10 bits per heavy atom. The molecular weight excluding hydrogens is 388 g/mol. The lowest BCUT2D eigenvalue weighted by atomic mass is 10.0. The second-order valence-electron chi connectivity index (χ2n) is 7.98. The summed E-state index contributed by atoms with van der Waals surface area (Å²) in [6, 6.07) is 5.85. The number of esters is 1. The molecule has 2 amide bonds. The maximum atomic E-state index is 12.8. The summed E-state index contributed by atoms with van der Waals surface area (Å²) in [4.78, 5) is 39.8. The van der Waals surface area contributed by atoms with Crippen molar-refractivity contribution >= 4 is 17.8 Å². The second-order valence-corrected chi connectivity index (χ2v) is 7.98. The van der Waals surface area contributed by atoms with Gasteiger partial charge >= 0.3 is 5.97 Å². The Balaban J connectivity index is 2.04. The molecule has 166 valence electrons. The fraction of sp³-hybridized carbons (Fsp3) is 0.591. The number of methoxy groups -OCH3 is 1. The van der Waals surface area contributed by atoms with Gasteiger partial charge in [-0.3, -0.25) is 9.59 Å². The highest BCUT2D eigenvalue weighted by molar-refractivity contribution is 5.99. The highest BCUT2D eigenvalue weighted by atomic mass is 16.6. The molecule has 0 bridgehead atoms. The molecule has 0 saturated carbocycles. The molecule has 1 aliphatic heterocycles. The van der Waals surface area contributed by atoms with Gasteiger partial charge in [0.2, 0.25) is 0 Å². The van der Waals surface area contributed by atoms with Crippen molar-refractivity contribution in [1.82, 2.24) is 10.2 Å². The maximum absolute atomic E-state index is 12.8. The van der Waals surface area contributed by atoms with Gasteiger partial charge in [-0.25, -0.2) is 4.79 Å². The predicted octanol–water partition coefficient (Wildman–Crippen LogP) is 2.02. The number of carbonyl (C=O) groups excluding carboxylic acids is 3. The van der Waals surface area contributed by atoms with Gasteiger partial charge in [-0.05, 0) is 38.8 Å². The molecule has 2 rings (SSSR count). The van der Waals surface area contributed by atoms with Crippen LogP contribution < -0.4 is 10.1 Å². The molecule has 1 heterocycles. The Labute approximate surface area is 177 Å². The number of amides is 2. The Kier molecular flexibility index (Phi) is 8.23. The molecule has 4 unspecified atom stereocenters. The van der Waals surface area contributed by atoms with Crippen LogP contribution in [0.2, 0.25) is 0 Å². The molecule has 4 atom stereocenters. The summed E-state index contributed by atoms with van der Waals surface area (Å²) in [5.74, 6) is -1.20. The number of hydrogen-bond donors (Lipinski definition) is 1. The Hall–Kier alpha value is -2.61. The number of nitrogens with zero attached hydrogens (tertiary/aromatic N) is 1. The van der Waals surface area contributed by atoms with Crippen molar-refractivity contribution in [2.45, 2.75) is 59.0 Å². The van der Waals surface area contributed by atoms with Crippen molar-refractivity contribution in [2.24, 2.45) is 5.92 Å². The Bertz CT molecular complexity index is 756. The molecule has 1 aliphatic rings. The first-order valence-electron chi connectivity index (χ1n) is 10.2. The van der Waals surface area contributed by atoms with Gasteiger partial charge in [-0.1, -0.05) is 26.0 Å². The van der Waals surface area contributed by atoms with Crippen LogP contribution in [0.4, 0.5) is 0 Å². The summed E-state index contributed by atoms with van der Waals surface area (Å²) in [5.41, 5.74) is 0.318. The average molecular weight is 421 g/mol. The van der Waals surface area contributed by atoms with Crippen molar-refractivity contribution in [3.05, 3.63) is 29.8 Å². The van der Waals surface area contributed by atoms with Crippen LogP contribution in [0.5, 0.6) is 5.75 Å². The highest BCUT2D eigenvalue weighted by Gasteiger charge is 2.33. The van der Waals surface area contributed by atoms with E-state index < -0.39 is 24.0 Å². The smallest absolute Gasteiger partial charge is 0.329 e. The molecule has 0 aromatic heterocycles. The lowest BCUT2D eigenvalue weighted by molar-refractivity contribution is -0.166. The van der Waals surface area contributed by atoms with E-state index in [-0.39, 0.29) is 24.0 Å².